The average Bonchev–Trinajstić information content (AvgIpc) is 3.41. The number of fused-ring (bicyclic) bond motifs is 1. The van der Waals surface area contributed by atoms with Crippen LogP contribution in [-0.4, -0.2) is 33.4 Å². The van der Waals surface area contributed by atoms with Crippen LogP contribution in [0.15, 0.2) is 53.3 Å². The van der Waals surface area contributed by atoms with Crippen molar-refractivity contribution in [3.63, 3.8) is 0 Å². The number of nitrogens with two attached hydrogens (primary N) is 1. The van der Waals surface area contributed by atoms with Crippen molar-refractivity contribution in [2.45, 2.75) is 43.4 Å². The highest BCUT2D eigenvalue weighted by Crippen LogP contribution is 2.59. The number of hydrogen-bond donors (Lipinski definition) is 1. The molecule has 7 heteroatoms. The third kappa shape index (κ3) is 2.78. The lowest BCUT2D eigenvalue weighted by Gasteiger charge is -2.44. The van der Waals surface area contributed by atoms with E-state index in [0.717, 1.165) is 29.7 Å². The van der Waals surface area contributed by atoms with E-state index in [1.165, 1.54) is 0 Å². The van der Waals surface area contributed by atoms with Gasteiger partial charge in [-0.1, -0.05) is 11.2 Å². The van der Waals surface area contributed by atoms with Crippen molar-refractivity contribution in [1.29, 1.82) is 0 Å². The molecule has 0 amide bonds. The Balaban J connectivity index is 1.27. The fourth-order valence-electron chi connectivity index (χ4n) is 4.15. The maximum atomic E-state index is 6.07. The highest BCUT2D eigenvalue weighted by atomic mass is 16.5. The van der Waals surface area contributed by atoms with Gasteiger partial charge in [-0.15, -0.1) is 0 Å². The Morgan fingerprint density at radius 2 is 2.04 bits per heavy atom. The smallest absolute Gasteiger partial charge is 0.235 e. The first-order valence-corrected chi connectivity index (χ1v) is 9.45. The Bertz CT molecular complexity index is 963. The Labute approximate surface area is 162 Å². The van der Waals surface area contributed by atoms with Gasteiger partial charge in [-0.25, -0.2) is 0 Å². The van der Waals surface area contributed by atoms with Gasteiger partial charge in [-0.05, 0) is 50.1 Å². The van der Waals surface area contributed by atoms with Gasteiger partial charge < -0.3 is 19.7 Å². The van der Waals surface area contributed by atoms with Crippen LogP contribution in [0.5, 0.6) is 5.75 Å². The van der Waals surface area contributed by atoms with Crippen LogP contribution in [0.4, 0.5) is 0 Å². The molecule has 2 bridgehead atoms. The number of rotatable bonds is 6. The highest BCUT2D eigenvalue weighted by Gasteiger charge is 2.67. The van der Waals surface area contributed by atoms with Crippen molar-refractivity contribution in [3.8, 4) is 17.1 Å². The van der Waals surface area contributed by atoms with E-state index in [1.807, 2.05) is 43.3 Å². The van der Waals surface area contributed by atoms with Crippen molar-refractivity contribution in [3.05, 3.63) is 60.2 Å². The van der Waals surface area contributed by atoms with Crippen molar-refractivity contribution >= 4 is 0 Å². The highest BCUT2D eigenvalue weighted by molar-refractivity contribution is 5.55. The molecule has 0 spiro atoms. The monoisotopic (exact) mass is 378 g/mol. The fraction of sp³-hybridized carbons (Fsp3) is 0.381. The van der Waals surface area contributed by atoms with Crippen molar-refractivity contribution in [2.75, 3.05) is 6.61 Å². The lowest BCUT2D eigenvalue weighted by atomic mass is 9.60. The number of hydrogen-bond acceptors (Lipinski definition) is 7. The average molecular weight is 378 g/mol. The summed E-state index contributed by atoms with van der Waals surface area (Å²) in [6.45, 7) is 3.06. The molecule has 2 aromatic heterocycles. The summed E-state index contributed by atoms with van der Waals surface area (Å²) in [5.74, 6) is 2.00. The minimum absolute atomic E-state index is 0.00438. The molecule has 1 aromatic carbocycles. The quantitative estimate of drug-likeness (QED) is 0.704. The number of aromatic nitrogens is 3. The molecule has 1 saturated carbocycles. The zero-order valence-corrected chi connectivity index (χ0v) is 15.7. The summed E-state index contributed by atoms with van der Waals surface area (Å²) in [6.07, 6.45) is 5.23. The second-order valence-corrected chi connectivity index (χ2v) is 7.87. The lowest BCUT2D eigenvalue weighted by molar-refractivity contribution is -0.0240. The Morgan fingerprint density at radius 1 is 1.21 bits per heavy atom. The molecule has 4 heterocycles. The molecule has 2 N–H and O–H groups in total. The molecular weight excluding hydrogens is 356 g/mol. The first kappa shape index (κ1) is 17.3. The van der Waals surface area contributed by atoms with Gasteiger partial charge >= 0.3 is 0 Å². The Morgan fingerprint density at radius 3 is 2.71 bits per heavy atom. The van der Waals surface area contributed by atoms with Crippen LogP contribution >= 0.6 is 0 Å². The molecule has 1 atom stereocenters. The third-order valence-electron chi connectivity index (χ3n) is 5.86. The molecule has 3 aliphatic rings. The molecule has 1 unspecified atom stereocenters. The molecule has 28 heavy (non-hydrogen) atoms. The number of pyridine rings is 1. The van der Waals surface area contributed by atoms with E-state index in [4.69, 9.17) is 19.7 Å². The zero-order valence-electron chi connectivity index (χ0n) is 15.7. The summed E-state index contributed by atoms with van der Waals surface area (Å²) in [6, 6.07) is 11.6. The summed E-state index contributed by atoms with van der Waals surface area (Å²) in [5, 5.41) is 4.17. The second kappa shape index (κ2) is 6.39. The molecule has 6 rings (SSSR count). The second-order valence-electron chi connectivity index (χ2n) is 7.87. The van der Waals surface area contributed by atoms with Gasteiger partial charge in [-0.2, -0.15) is 4.98 Å². The summed E-state index contributed by atoms with van der Waals surface area (Å²) in [4.78, 5) is 8.72. The Hall–Kier alpha value is -2.77. The van der Waals surface area contributed by atoms with Crippen LogP contribution in [0.1, 0.15) is 31.2 Å². The van der Waals surface area contributed by atoms with E-state index in [0.29, 0.717) is 24.9 Å². The molecule has 3 fully saturated rings. The van der Waals surface area contributed by atoms with Gasteiger partial charge in [0.1, 0.15) is 12.4 Å². The molecule has 3 aromatic rings. The van der Waals surface area contributed by atoms with E-state index < -0.39 is 0 Å². The molecule has 1 aliphatic carbocycles. The SMILES string of the molecule is CC(N)C12CC(c3nc(-c4ccc(OCc5cccnc5)cc4)no3)(CO1)C2. The Kier molecular flexibility index (Phi) is 3.96. The van der Waals surface area contributed by atoms with Crippen molar-refractivity contribution in [1.82, 2.24) is 15.1 Å². The molecular formula is C21H22N4O3. The molecule has 0 radical (unpaired) electrons. The van der Waals surface area contributed by atoms with E-state index in [1.54, 1.807) is 12.4 Å². The summed E-state index contributed by atoms with van der Waals surface area (Å²) in [5.41, 5.74) is 7.59. The minimum atomic E-state index is -0.220. The zero-order chi connectivity index (χ0) is 19.2. The number of ether oxygens (including phenoxy) is 2. The van der Waals surface area contributed by atoms with Crippen LogP contribution < -0.4 is 10.5 Å². The fourth-order valence-corrected chi connectivity index (χ4v) is 4.15. The minimum Gasteiger partial charge on any atom is -0.489 e. The summed E-state index contributed by atoms with van der Waals surface area (Å²) >= 11 is 0. The molecule has 2 aliphatic heterocycles. The number of nitrogens with zero attached hydrogens (tertiary/aromatic N) is 3. The topological polar surface area (TPSA) is 96.3 Å². The van der Waals surface area contributed by atoms with Gasteiger partial charge in [-0.3, -0.25) is 4.98 Å². The van der Waals surface area contributed by atoms with Gasteiger partial charge in [0.05, 0.1) is 17.6 Å². The van der Waals surface area contributed by atoms with Crippen LogP contribution in [0.3, 0.4) is 0 Å². The van der Waals surface area contributed by atoms with E-state index >= 15 is 0 Å². The van der Waals surface area contributed by atoms with Gasteiger partial charge in [0.25, 0.3) is 0 Å². The normalized spacial score (nSPS) is 26.6. The van der Waals surface area contributed by atoms with E-state index in [-0.39, 0.29) is 17.1 Å². The first-order chi connectivity index (χ1) is 13.6. The first-order valence-electron chi connectivity index (χ1n) is 9.45. The van der Waals surface area contributed by atoms with Crippen LogP contribution in [0.25, 0.3) is 11.4 Å². The maximum Gasteiger partial charge on any atom is 0.235 e. The van der Waals surface area contributed by atoms with Crippen molar-refractivity contribution in [2.24, 2.45) is 5.73 Å². The lowest BCUT2D eigenvalue weighted by Crippen LogP contribution is -2.56. The summed E-state index contributed by atoms with van der Waals surface area (Å²) < 4.78 is 17.3. The standard InChI is InChI=1S/C21H22N4O3/c1-14(22)21-11-20(12-21,13-27-21)19-24-18(25-28-19)16-4-6-17(7-5-16)26-10-15-3-2-8-23-9-15/h2-9,14H,10-13,22H2,1H3. The largest absolute Gasteiger partial charge is 0.489 e. The van der Waals surface area contributed by atoms with Crippen molar-refractivity contribution < 1.29 is 14.0 Å². The predicted octanol–water partition coefficient (Wildman–Crippen LogP) is 2.86. The van der Waals surface area contributed by atoms with Crippen LogP contribution in [0.2, 0.25) is 0 Å². The number of benzene rings is 1. The molecule has 2 saturated heterocycles. The molecule has 7 nitrogen and oxygen atoms in total. The predicted molar refractivity (Wildman–Crippen MR) is 102 cm³/mol. The molecule has 144 valence electrons. The van der Waals surface area contributed by atoms with Crippen LogP contribution in [0, 0.1) is 0 Å². The maximum absolute atomic E-state index is 6.07. The van der Waals surface area contributed by atoms with Gasteiger partial charge in [0.15, 0.2) is 0 Å². The van der Waals surface area contributed by atoms with Gasteiger partial charge in [0, 0.05) is 29.6 Å². The van der Waals surface area contributed by atoms with E-state index in [2.05, 4.69) is 15.1 Å². The summed E-state index contributed by atoms with van der Waals surface area (Å²) in [7, 11) is 0. The van der Waals surface area contributed by atoms with E-state index in [9.17, 15) is 0 Å². The van der Waals surface area contributed by atoms with Gasteiger partial charge in [0.2, 0.25) is 11.7 Å². The third-order valence-corrected chi connectivity index (χ3v) is 5.86. The van der Waals surface area contributed by atoms with Crippen LogP contribution in [-0.2, 0) is 16.8 Å².